The average Bonchev–Trinajstić information content (AvgIpc) is 3.05. The number of rotatable bonds is 3. The van der Waals surface area contributed by atoms with Gasteiger partial charge in [0, 0.05) is 53.4 Å². The Morgan fingerprint density at radius 1 is 0.957 bits per heavy atom. The molecule has 0 amide bonds. The van der Waals surface area contributed by atoms with Gasteiger partial charge in [0.15, 0.2) is 0 Å². The average molecular weight is 300 g/mol. The zero-order chi connectivity index (χ0) is 15.6. The van der Waals surface area contributed by atoms with Crippen molar-refractivity contribution >= 4 is 11.0 Å². The molecule has 4 heteroatoms. The van der Waals surface area contributed by atoms with E-state index in [2.05, 4.69) is 33.2 Å². The Labute approximate surface area is 134 Å². The molecule has 1 aromatic carbocycles. The van der Waals surface area contributed by atoms with E-state index in [1.54, 1.807) is 6.20 Å². The topological polar surface area (TPSA) is 67.6 Å². The number of hydrogen-bond donors (Lipinski definition) is 2. The maximum Gasteiger partial charge on any atom is 0.137 e. The Kier molecular flexibility index (Phi) is 3.37. The van der Waals surface area contributed by atoms with Gasteiger partial charge in [-0.3, -0.25) is 4.98 Å². The molecule has 112 valence electrons. The zero-order valence-corrected chi connectivity index (χ0v) is 12.5. The van der Waals surface area contributed by atoms with E-state index < -0.39 is 0 Å². The summed E-state index contributed by atoms with van der Waals surface area (Å²) in [6.45, 7) is 0.537. The lowest BCUT2D eigenvalue weighted by Gasteiger charge is -2.04. The molecule has 3 heterocycles. The van der Waals surface area contributed by atoms with Crippen molar-refractivity contribution in [1.29, 1.82) is 0 Å². The van der Waals surface area contributed by atoms with Crippen molar-refractivity contribution in [3.05, 3.63) is 72.8 Å². The van der Waals surface area contributed by atoms with Crippen LogP contribution in [0, 0.1) is 0 Å². The first kappa shape index (κ1) is 13.7. The molecule has 3 N–H and O–H groups in total. The molecule has 0 atom stereocenters. The van der Waals surface area contributed by atoms with Crippen molar-refractivity contribution in [2.75, 3.05) is 0 Å². The van der Waals surface area contributed by atoms with Gasteiger partial charge in [0.1, 0.15) is 5.65 Å². The van der Waals surface area contributed by atoms with Crippen molar-refractivity contribution in [2.24, 2.45) is 5.73 Å². The van der Waals surface area contributed by atoms with Crippen LogP contribution in [-0.4, -0.2) is 15.0 Å². The molecule has 0 bridgehead atoms. The van der Waals surface area contributed by atoms with Crippen LogP contribution in [0.25, 0.3) is 33.3 Å². The van der Waals surface area contributed by atoms with Gasteiger partial charge in [-0.25, -0.2) is 4.98 Å². The van der Waals surface area contributed by atoms with Crippen molar-refractivity contribution in [3.63, 3.8) is 0 Å². The maximum absolute atomic E-state index is 5.76. The number of H-pyrrole nitrogens is 1. The Bertz CT molecular complexity index is 957. The number of pyridine rings is 2. The summed E-state index contributed by atoms with van der Waals surface area (Å²) < 4.78 is 0. The van der Waals surface area contributed by atoms with E-state index in [1.807, 2.05) is 42.9 Å². The number of hydrogen-bond acceptors (Lipinski definition) is 3. The molecule has 3 aromatic heterocycles. The molecule has 0 unspecified atom stereocenters. The van der Waals surface area contributed by atoms with Crippen LogP contribution in [0.1, 0.15) is 5.56 Å². The fourth-order valence-corrected chi connectivity index (χ4v) is 2.80. The molecule has 4 rings (SSSR count). The first-order valence-electron chi connectivity index (χ1n) is 7.52. The molecule has 0 aliphatic heterocycles. The van der Waals surface area contributed by atoms with Crippen LogP contribution >= 0.6 is 0 Å². The Morgan fingerprint density at radius 2 is 1.87 bits per heavy atom. The van der Waals surface area contributed by atoms with Crippen molar-refractivity contribution in [2.45, 2.75) is 6.54 Å². The maximum atomic E-state index is 5.76. The first-order chi connectivity index (χ1) is 11.3. The third kappa shape index (κ3) is 2.49. The van der Waals surface area contributed by atoms with Crippen molar-refractivity contribution in [1.82, 2.24) is 15.0 Å². The molecule has 0 aliphatic rings. The fourth-order valence-electron chi connectivity index (χ4n) is 2.80. The van der Waals surface area contributed by atoms with Gasteiger partial charge in [-0.1, -0.05) is 24.3 Å². The molecular weight excluding hydrogens is 284 g/mol. The number of nitrogens with one attached hydrogen (secondary N) is 1. The summed E-state index contributed by atoms with van der Waals surface area (Å²) in [7, 11) is 0. The second-order valence-electron chi connectivity index (χ2n) is 5.47. The standard InChI is InChI=1S/C19H16N4/c20-9-13-3-1-4-14(7-13)18-12-23-19-17(18)8-16(11-22-19)15-5-2-6-21-10-15/h1-8,10-12H,9,20H2,(H,22,23). The van der Waals surface area contributed by atoms with Gasteiger partial charge < -0.3 is 10.7 Å². The first-order valence-corrected chi connectivity index (χ1v) is 7.52. The lowest BCUT2D eigenvalue weighted by molar-refractivity contribution is 1.07. The van der Waals surface area contributed by atoms with Crippen LogP contribution < -0.4 is 5.73 Å². The Hall–Kier alpha value is -2.98. The molecule has 0 spiro atoms. The van der Waals surface area contributed by atoms with E-state index in [9.17, 15) is 0 Å². The quantitative estimate of drug-likeness (QED) is 0.605. The third-order valence-corrected chi connectivity index (χ3v) is 4.00. The number of nitrogens with zero attached hydrogens (tertiary/aromatic N) is 2. The summed E-state index contributed by atoms with van der Waals surface area (Å²) in [6.07, 6.45) is 7.50. The number of aromatic amines is 1. The van der Waals surface area contributed by atoms with Crippen molar-refractivity contribution < 1.29 is 0 Å². The summed E-state index contributed by atoms with van der Waals surface area (Å²) in [5.41, 5.74) is 12.1. The minimum atomic E-state index is 0.537. The second-order valence-corrected chi connectivity index (χ2v) is 5.47. The number of nitrogens with two attached hydrogens (primary N) is 1. The highest BCUT2D eigenvalue weighted by atomic mass is 14.8. The minimum absolute atomic E-state index is 0.537. The van der Waals surface area contributed by atoms with Crippen molar-refractivity contribution in [3.8, 4) is 22.3 Å². The molecule has 0 fully saturated rings. The van der Waals surface area contributed by atoms with Crippen LogP contribution in [0.2, 0.25) is 0 Å². The Balaban J connectivity index is 1.88. The summed E-state index contributed by atoms with van der Waals surface area (Å²) in [5.74, 6) is 0. The molecule has 0 radical (unpaired) electrons. The van der Waals surface area contributed by atoms with Crippen LogP contribution in [0.3, 0.4) is 0 Å². The highest BCUT2D eigenvalue weighted by molar-refractivity contribution is 5.95. The van der Waals surface area contributed by atoms with E-state index in [0.29, 0.717) is 6.54 Å². The lowest BCUT2D eigenvalue weighted by Crippen LogP contribution is -1.95. The molecule has 0 saturated carbocycles. The number of benzene rings is 1. The molecule has 0 saturated heterocycles. The molecule has 0 aliphatic carbocycles. The fraction of sp³-hybridized carbons (Fsp3) is 0.0526. The second kappa shape index (κ2) is 5.66. The van der Waals surface area contributed by atoms with Gasteiger partial charge >= 0.3 is 0 Å². The zero-order valence-electron chi connectivity index (χ0n) is 12.5. The lowest BCUT2D eigenvalue weighted by atomic mass is 10.0. The summed E-state index contributed by atoms with van der Waals surface area (Å²) in [4.78, 5) is 12.0. The van der Waals surface area contributed by atoms with E-state index in [0.717, 1.165) is 38.9 Å². The van der Waals surface area contributed by atoms with E-state index in [-0.39, 0.29) is 0 Å². The molecule has 4 aromatic rings. The van der Waals surface area contributed by atoms with Gasteiger partial charge in [-0.05, 0) is 29.3 Å². The van der Waals surface area contributed by atoms with Gasteiger partial charge in [-0.15, -0.1) is 0 Å². The smallest absolute Gasteiger partial charge is 0.137 e. The molecule has 23 heavy (non-hydrogen) atoms. The normalized spacial score (nSPS) is 11.0. The summed E-state index contributed by atoms with van der Waals surface area (Å²) >= 11 is 0. The summed E-state index contributed by atoms with van der Waals surface area (Å²) in [6, 6.07) is 14.4. The van der Waals surface area contributed by atoms with E-state index in [1.165, 1.54) is 0 Å². The van der Waals surface area contributed by atoms with E-state index in [4.69, 9.17) is 5.73 Å². The van der Waals surface area contributed by atoms with Crippen LogP contribution in [-0.2, 0) is 6.54 Å². The van der Waals surface area contributed by atoms with Crippen LogP contribution in [0.5, 0.6) is 0 Å². The minimum Gasteiger partial charge on any atom is -0.346 e. The van der Waals surface area contributed by atoms with Gasteiger partial charge in [0.05, 0.1) is 0 Å². The SMILES string of the molecule is NCc1cccc(-c2c[nH]c3ncc(-c4cccnc4)cc23)c1. The Morgan fingerprint density at radius 3 is 2.70 bits per heavy atom. The highest BCUT2D eigenvalue weighted by Crippen LogP contribution is 2.31. The van der Waals surface area contributed by atoms with Crippen LogP contribution in [0.4, 0.5) is 0 Å². The predicted molar refractivity (Wildman–Crippen MR) is 92.7 cm³/mol. The van der Waals surface area contributed by atoms with Crippen LogP contribution in [0.15, 0.2) is 67.3 Å². The van der Waals surface area contributed by atoms with E-state index >= 15 is 0 Å². The molecule has 4 nitrogen and oxygen atoms in total. The highest BCUT2D eigenvalue weighted by Gasteiger charge is 2.09. The van der Waals surface area contributed by atoms with Gasteiger partial charge in [0.2, 0.25) is 0 Å². The van der Waals surface area contributed by atoms with Gasteiger partial charge in [0.25, 0.3) is 0 Å². The predicted octanol–water partition coefficient (Wildman–Crippen LogP) is 3.75. The molecular formula is C19H16N4. The monoisotopic (exact) mass is 300 g/mol. The number of fused-ring (bicyclic) bond motifs is 1. The third-order valence-electron chi connectivity index (χ3n) is 4.00. The van der Waals surface area contributed by atoms with Gasteiger partial charge in [-0.2, -0.15) is 0 Å². The number of aromatic nitrogens is 3. The summed E-state index contributed by atoms with van der Waals surface area (Å²) in [5, 5.41) is 1.10. The largest absolute Gasteiger partial charge is 0.346 e.